The van der Waals surface area contributed by atoms with Crippen molar-refractivity contribution in [1.82, 2.24) is 4.90 Å². The van der Waals surface area contributed by atoms with Gasteiger partial charge in [0.25, 0.3) is 0 Å². The van der Waals surface area contributed by atoms with Gasteiger partial charge in [-0.2, -0.15) is 0 Å². The van der Waals surface area contributed by atoms with Gasteiger partial charge in [0, 0.05) is 19.2 Å². The fourth-order valence-electron chi connectivity index (χ4n) is 2.02. The third kappa shape index (κ3) is 6.48. The van der Waals surface area contributed by atoms with Crippen LogP contribution in [0.2, 0.25) is 0 Å². The van der Waals surface area contributed by atoms with E-state index in [1.165, 1.54) is 0 Å². The van der Waals surface area contributed by atoms with Gasteiger partial charge < -0.3 is 9.64 Å². The quantitative estimate of drug-likeness (QED) is 0.639. The van der Waals surface area contributed by atoms with Crippen LogP contribution in [-0.4, -0.2) is 31.0 Å². The Morgan fingerprint density at radius 3 is 2.14 bits per heavy atom. The third-order valence-electron chi connectivity index (χ3n) is 3.41. The van der Waals surface area contributed by atoms with Crippen LogP contribution in [0.25, 0.3) is 6.08 Å². The summed E-state index contributed by atoms with van der Waals surface area (Å²) in [6, 6.07) is 7.70. The minimum Gasteiger partial charge on any atom is -0.497 e. The van der Waals surface area contributed by atoms with E-state index in [1.54, 1.807) is 13.2 Å². The number of hydrogen-bond acceptors (Lipinski definition) is 2. The molecule has 1 aromatic rings. The Labute approximate surface area is 128 Å². The summed E-state index contributed by atoms with van der Waals surface area (Å²) >= 11 is 0. The number of hydrogen-bond donors (Lipinski definition) is 0. The first-order chi connectivity index (χ1) is 10.2. The van der Waals surface area contributed by atoms with E-state index in [1.807, 2.05) is 35.2 Å². The Bertz CT molecular complexity index is 429. The third-order valence-corrected chi connectivity index (χ3v) is 3.41. The van der Waals surface area contributed by atoms with Crippen molar-refractivity contribution in [3.8, 4) is 5.75 Å². The molecule has 0 aliphatic carbocycles. The predicted octanol–water partition coefficient (Wildman–Crippen LogP) is 4.14. The van der Waals surface area contributed by atoms with Gasteiger partial charge in [0.15, 0.2) is 0 Å². The molecule has 3 nitrogen and oxygen atoms in total. The van der Waals surface area contributed by atoms with Gasteiger partial charge in [-0.25, -0.2) is 0 Å². The Kier molecular flexibility index (Phi) is 8.25. The molecule has 0 aromatic heterocycles. The van der Waals surface area contributed by atoms with Crippen LogP contribution in [0.1, 0.15) is 45.1 Å². The average molecular weight is 289 g/mol. The van der Waals surface area contributed by atoms with E-state index in [-0.39, 0.29) is 5.91 Å². The van der Waals surface area contributed by atoms with Crippen LogP contribution < -0.4 is 4.74 Å². The maximum atomic E-state index is 12.3. The second kappa shape index (κ2) is 10.0. The highest BCUT2D eigenvalue weighted by Gasteiger charge is 2.08. The highest BCUT2D eigenvalue weighted by molar-refractivity contribution is 5.91. The molecule has 0 atom stereocenters. The standard InChI is InChI=1S/C18H27NO2/c1-4-6-14-19(15-7-5-2)18(20)13-10-16-8-11-17(21-3)12-9-16/h8-13H,4-7,14-15H2,1-3H3. The van der Waals surface area contributed by atoms with Crippen LogP contribution in [0.15, 0.2) is 30.3 Å². The van der Waals surface area contributed by atoms with Crippen molar-refractivity contribution < 1.29 is 9.53 Å². The molecular formula is C18H27NO2. The van der Waals surface area contributed by atoms with Crippen LogP contribution >= 0.6 is 0 Å². The zero-order chi connectivity index (χ0) is 15.5. The SMILES string of the molecule is CCCCN(CCCC)C(=O)C=Cc1ccc(OC)cc1. The largest absolute Gasteiger partial charge is 0.497 e. The highest BCUT2D eigenvalue weighted by atomic mass is 16.5. The molecule has 0 fully saturated rings. The van der Waals surface area contributed by atoms with E-state index >= 15 is 0 Å². The molecule has 0 spiro atoms. The smallest absolute Gasteiger partial charge is 0.246 e. The number of nitrogens with zero attached hydrogens (tertiary/aromatic N) is 1. The highest BCUT2D eigenvalue weighted by Crippen LogP contribution is 2.12. The number of carbonyl (C=O) groups excluding carboxylic acids is 1. The minimum atomic E-state index is 0.104. The molecule has 0 unspecified atom stereocenters. The number of carbonyl (C=O) groups is 1. The Morgan fingerprint density at radius 2 is 1.67 bits per heavy atom. The molecule has 1 amide bonds. The summed E-state index contributed by atoms with van der Waals surface area (Å²) in [6.45, 7) is 6.00. The summed E-state index contributed by atoms with van der Waals surface area (Å²) in [5.41, 5.74) is 1.01. The average Bonchev–Trinajstić information content (AvgIpc) is 2.53. The number of benzene rings is 1. The molecule has 0 heterocycles. The first-order valence-corrected chi connectivity index (χ1v) is 7.82. The summed E-state index contributed by atoms with van der Waals surface area (Å²) in [5.74, 6) is 0.929. The van der Waals surface area contributed by atoms with E-state index in [0.29, 0.717) is 0 Å². The maximum absolute atomic E-state index is 12.3. The first kappa shape index (κ1) is 17.3. The molecule has 0 saturated carbocycles. The number of amides is 1. The predicted molar refractivity (Wildman–Crippen MR) is 88.4 cm³/mol. The Balaban J connectivity index is 2.62. The summed E-state index contributed by atoms with van der Waals surface area (Å²) in [4.78, 5) is 14.2. The number of ether oxygens (including phenoxy) is 1. The minimum absolute atomic E-state index is 0.104. The second-order valence-corrected chi connectivity index (χ2v) is 5.14. The van der Waals surface area contributed by atoms with E-state index < -0.39 is 0 Å². The molecule has 1 rings (SSSR count). The van der Waals surface area contributed by atoms with Crippen molar-refractivity contribution in [2.24, 2.45) is 0 Å². The Morgan fingerprint density at radius 1 is 1.10 bits per heavy atom. The van der Waals surface area contributed by atoms with Gasteiger partial charge in [-0.05, 0) is 36.6 Å². The molecule has 0 saturated heterocycles. The van der Waals surface area contributed by atoms with Gasteiger partial charge in [0.2, 0.25) is 5.91 Å². The topological polar surface area (TPSA) is 29.5 Å². The van der Waals surface area contributed by atoms with Crippen LogP contribution in [0.3, 0.4) is 0 Å². The lowest BCUT2D eigenvalue weighted by Crippen LogP contribution is -2.31. The first-order valence-electron chi connectivity index (χ1n) is 7.82. The summed E-state index contributed by atoms with van der Waals surface area (Å²) < 4.78 is 5.12. The van der Waals surface area contributed by atoms with Crippen LogP contribution in [0.4, 0.5) is 0 Å². The summed E-state index contributed by atoms with van der Waals surface area (Å²) in [7, 11) is 1.65. The van der Waals surface area contributed by atoms with Gasteiger partial charge in [-0.3, -0.25) is 4.79 Å². The zero-order valence-corrected chi connectivity index (χ0v) is 13.5. The van der Waals surface area contributed by atoms with Crippen LogP contribution in [0, 0.1) is 0 Å². The molecule has 0 N–H and O–H groups in total. The molecule has 0 aliphatic rings. The van der Waals surface area contributed by atoms with Gasteiger partial charge in [-0.1, -0.05) is 38.8 Å². The van der Waals surface area contributed by atoms with Gasteiger partial charge in [-0.15, -0.1) is 0 Å². The van der Waals surface area contributed by atoms with E-state index in [9.17, 15) is 4.79 Å². The molecule has 1 aromatic carbocycles. The lowest BCUT2D eigenvalue weighted by Gasteiger charge is -2.20. The Hall–Kier alpha value is -1.77. The van der Waals surface area contributed by atoms with E-state index in [0.717, 1.165) is 50.1 Å². The lowest BCUT2D eigenvalue weighted by atomic mass is 10.2. The molecule has 3 heteroatoms. The molecule has 0 bridgehead atoms. The molecule has 0 radical (unpaired) electrons. The van der Waals surface area contributed by atoms with Gasteiger partial charge in [0.1, 0.15) is 5.75 Å². The van der Waals surface area contributed by atoms with E-state index in [4.69, 9.17) is 4.74 Å². The zero-order valence-electron chi connectivity index (χ0n) is 13.5. The molecule has 116 valence electrons. The van der Waals surface area contributed by atoms with Crippen molar-refractivity contribution in [1.29, 1.82) is 0 Å². The van der Waals surface area contributed by atoms with Gasteiger partial charge in [0.05, 0.1) is 7.11 Å². The molecule has 21 heavy (non-hydrogen) atoms. The van der Waals surface area contributed by atoms with Crippen molar-refractivity contribution >= 4 is 12.0 Å². The number of methoxy groups -OCH3 is 1. The lowest BCUT2D eigenvalue weighted by molar-refractivity contribution is -0.126. The maximum Gasteiger partial charge on any atom is 0.246 e. The second-order valence-electron chi connectivity index (χ2n) is 5.14. The van der Waals surface area contributed by atoms with Crippen LogP contribution in [-0.2, 0) is 4.79 Å². The molecular weight excluding hydrogens is 262 g/mol. The van der Waals surface area contributed by atoms with Crippen molar-refractivity contribution in [2.45, 2.75) is 39.5 Å². The van der Waals surface area contributed by atoms with Gasteiger partial charge >= 0.3 is 0 Å². The van der Waals surface area contributed by atoms with Crippen molar-refractivity contribution in [3.63, 3.8) is 0 Å². The number of unbranched alkanes of at least 4 members (excludes halogenated alkanes) is 2. The normalized spacial score (nSPS) is 10.8. The fraction of sp³-hybridized carbons (Fsp3) is 0.500. The fourth-order valence-corrected chi connectivity index (χ4v) is 2.02. The number of rotatable bonds is 9. The monoisotopic (exact) mass is 289 g/mol. The summed E-state index contributed by atoms with van der Waals surface area (Å²) in [5, 5.41) is 0. The van der Waals surface area contributed by atoms with Crippen LogP contribution in [0.5, 0.6) is 5.75 Å². The van der Waals surface area contributed by atoms with Crippen molar-refractivity contribution in [2.75, 3.05) is 20.2 Å². The summed E-state index contributed by atoms with van der Waals surface area (Å²) in [6.07, 6.45) is 7.88. The van der Waals surface area contributed by atoms with Crippen molar-refractivity contribution in [3.05, 3.63) is 35.9 Å². The molecule has 0 aliphatic heterocycles. The van der Waals surface area contributed by atoms with E-state index in [2.05, 4.69) is 13.8 Å².